The van der Waals surface area contributed by atoms with Crippen LogP contribution in [0.5, 0.6) is 0 Å². The molecule has 0 radical (unpaired) electrons. The maximum absolute atomic E-state index is 5.70. The number of ether oxygens (including phenoxy) is 2. The van der Waals surface area contributed by atoms with Gasteiger partial charge in [0.15, 0.2) is 5.79 Å². The second kappa shape index (κ2) is 2.19. The fourth-order valence-electron chi connectivity index (χ4n) is 1.59. The number of nitrogens with two attached hydrogens (primary N) is 1. The molecule has 0 aromatic heterocycles. The Bertz CT molecular complexity index is 169. The van der Waals surface area contributed by atoms with Crippen molar-refractivity contribution in [2.75, 3.05) is 6.61 Å². The normalized spacial score (nSPS) is 47.7. The Morgan fingerprint density at radius 3 is 2.45 bits per heavy atom. The molecule has 2 rings (SSSR count). The lowest BCUT2D eigenvalue weighted by Crippen LogP contribution is -2.23. The van der Waals surface area contributed by atoms with Crippen molar-refractivity contribution in [3.63, 3.8) is 0 Å². The van der Waals surface area contributed by atoms with E-state index in [1.165, 1.54) is 0 Å². The first-order chi connectivity index (χ1) is 5.08. The van der Waals surface area contributed by atoms with E-state index >= 15 is 0 Å². The first-order valence-corrected chi connectivity index (χ1v) is 4.16. The molecule has 1 heterocycles. The van der Waals surface area contributed by atoms with Gasteiger partial charge in [0.25, 0.3) is 0 Å². The van der Waals surface area contributed by atoms with E-state index in [4.69, 9.17) is 15.2 Å². The van der Waals surface area contributed by atoms with Crippen molar-refractivity contribution < 1.29 is 9.47 Å². The van der Waals surface area contributed by atoms with Crippen LogP contribution in [-0.2, 0) is 9.47 Å². The SMILES string of the molecule is CC1(C)OC[C@H](C2CC2N)O1. The average Bonchev–Trinajstić information content (AvgIpc) is 2.49. The monoisotopic (exact) mass is 157 g/mol. The standard InChI is InChI=1S/C8H15NO2/c1-8(2)10-4-7(11-8)5-3-6(5)9/h5-7H,3-4,9H2,1-2H3/t5?,6?,7-/m1/s1. The van der Waals surface area contributed by atoms with Gasteiger partial charge in [-0.3, -0.25) is 0 Å². The predicted molar refractivity (Wildman–Crippen MR) is 41.0 cm³/mol. The van der Waals surface area contributed by atoms with Gasteiger partial charge < -0.3 is 15.2 Å². The van der Waals surface area contributed by atoms with E-state index < -0.39 is 0 Å². The van der Waals surface area contributed by atoms with Crippen LogP contribution in [0.3, 0.4) is 0 Å². The molecule has 1 aliphatic carbocycles. The van der Waals surface area contributed by atoms with Gasteiger partial charge in [0.05, 0.1) is 12.7 Å². The van der Waals surface area contributed by atoms with E-state index in [1.807, 2.05) is 13.8 Å². The van der Waals surface area contributed by atoms with Gasteiger partial charge >= 0.3 is 0 Å². The molecular formula is C8H15NO2. The van der Waals surface area contributed by atoms with Gasteiger partial charge in [-0.15, -0.1) is 0 Å². The van der Waals surface area contributed by atoms with Gasteiger partial charge in [0, 0.05) is 12.0 Å². The van der Waals surface area contributed by atoms with Gasteiger partial charge in [0.1, 0.15) is 0 Å². The van der Waals surface area contributed by atoms with E-state index in [2.05, 4.69) is 0 Å². The molecule has 2 fully saturated rings. The minimum absolute atomic E-state index is 0.250. The number of hydrogen-bond donors (Lipinski definition) is 1. The van der Waals surface area contributed by atoms with Crippen molar-refractivity contribution in [1.29, 1.82) is 0 Å². The van der Waals surface area contributed by atoms with Gasteiger partial charge in [0.2, 0.25) is 0 Å². The lowest BCUT2D eigenvalue weighted by Gasteiger charge is -2.16. The Kier molecular flexibility index (Phi) is 1.50. The minimum atomic E-state index is -0.382. The Morgan fingerprint density at radius 2 is 2.09 bits per heavy atom. The summed E-state index contributed by atoms with van der Waals surface area (Å²) in [5.74, 6) is 0.171. The summed E-state index contributed by atoms with van der Waals surface area (Å²) < 4.78 is 11.1. The van der Waals surface area contributed by atoms with Gasteiger partial charge in [-0.05, 0) is 20.3 Å². The molecule has 64 valence electrons. The molecule has 0 amide bonds. The number of rotatable bonds is 1. The van der Waals surface area contributed by atoms with E-state index in [0.29, 0.717) is 18.6 Å². The van der Waals surface area contributed by atoms with Gasteiger partial charge in [-0.25, -0.2) is 0 Å². The third-order valence-corrected chi connectivity index (χ3v) is 2.40. The van der Waals surface area contributed by atoms with Crippen molar-refractivity contribution >= 4 is 0 Å². The first kappa shape index (κ1) is 7.53. The molecule has 2 N–H and O–H groups in total. The highest BCUT2D eigenvalue weighted by molar-refractivity contribution is 4.97. The van der Waals surface area contributed by atoms with E-state index in [1.54, 1.807) is 0 Å². The molecule has 3 heteroatoms. The van der Waals surface area contributed by atoms with Crippen molar-refractivity contribution in [2.45, 2.75) is 38.2 Å². The summed E-state index contributed by atoms with van der Waals surface area (Å²) in [4.78, 5) is 0. The van der Waals surface area contributed by atoms with Crippen LogP contribution in [0.4, 0.5) is 0 Å². The highest BCUT2D eigenvalue weighted by Gasteiger charge is 2.47. The average molecular weight is 157 g/mol. The smallest absolute Gasteiger partial charge is 0.163 e. The summed E-state index contributed by atoms with van der Waals surface area (Å²) in [7, 11) is 0. The zero-order chi connectivity index (χ0) is 8.06. The van der Waals surface area contributed by atoms with Crippen LogP contribution in [-0.4, -0.2) is 24.5 Å². The molecule has 0 spiro atoms. The third-order valence-electron chi connectivity index (χ3n) is 2.40. The second-order valence-electron chi connectivity index (χ2n) is 3.93. The summed E-state index contributed by atoms with van der Waals surface area (Å²) in [5.41, 5.74) is 5.70. The highest BCUT2D eigenvalue weighted by Crippen LogP contribution is 2.38. The first-order valence-electron chi connectivity index (χ1n) is 4.16. The fourth-order valence-corrected chi connectivity index (χ4v) is 1.59. The maximum Gasteiger partial charge on any atom is 0.163 e. The van der Waals surface area contributed by atoms with Crippen LogP contribution in [0.15, 0.2) is 0 Å². The maximum atomic E-state index is 5.70. The fraction of sp³-hybridized carbons (Fsp3) is 1.00. The molecule has 11 heavy (non-hydrogen) atoms. The Morgan fingerprint density at radius 1 is 1.45 bits per heavy atom. The summed E-state index contributed by atoms with van der Waals surface area (Å²) >= 11 is 0. The summed E-state index contributed by atoms with van der Waals surface area (Å²) in [6.45, 7) is 4.60. The summed E-state index contributed by atoms with van der Waals surface area (Å²) in [5, 5.41) is 0. The predicted octanol–water partition coefficient (Wildman–Crippen LogP) is 0.485. The molecule has 3 atom stereocenters. The summed E-state index contributed by atoms with van der Waals surface area (Å²) in [6, 6.07) is 0.359. The van der Waals surface area contributed by atoms with Crippen LogP contribution in [0.2, 0.25) is 0 Å². The molecule has 0 bridgehead atoms. The van der Waals surface area contributed by atoms with Crippen molar-refractivity contribution in [2.24, 2.45) is 11.7 Å². The van der Waals surface area contributed by atoms with Crippen LogP contribution >= 0.6 is 0 Å². The zero-order valence-electron chi connectivity index (χ0n) is 7.04. The molecule has 0 aromatic carbocycles. The largest absolute Gasteiger partial charge is 0.348 e. The zero-order valence-corrected chi connectivity index (χ0v) is 7.04. The molecule has 2 aliphatic rings. The molecule has 3 nitrogen and oxygen atoms in total. The van der Waals surface area contributed by atoms with Crippen LogP contribution < -0.4 is 5.73 Å². The third kappa shape index (κ3) is 1.41. The minimum Gasteiger partial charge on any atom is -0.348 e. The molecule has 1 saturated heterocycles. The van der Waals surface area contributed by atoms with E-state index in [-0.39, 0.29) is 11.9 Å². The summed E-state index contributed by atoms with van der Waals surface area (Å²) in [6.07, 6.45) is 1.35. The van der Waals surface area contributed by atoms with Gasteiger partial charge in [-0.2, -0.15) is 0 Å². The molecular weight excluding hydrogens is 142 g/mol. The molecule has 1 saturated carbocycles. The van der Waals surface area contributed by atoms with Crippen LogP contribution in [0.25, 0.3) is 0 Å². The van der Waals surface area contributed by atoms with Crippen molar-refractivity contribution in [3.8, 4) is 0 Å². The van der Waals surface area contributed by atoms with Crippen LogP contribution in [0, 0.1) is 5.92 Å². The van der Waals surface area contributed by atoms with Gasteiger partial charge in [-0.1, -0.05) is 0 Å². The quantitative estimate of drug-likeness (QED) is 0.602. The second-order valence-corrected chi connectivity index (χ2v) is 3.93. The Labute approximate surface area is 66.8 Å². The van der Waals surface area contributed by atoms with E-state index in [9.17, 15) is 0 Å². The lowest BCUT2D eigenvalue weighted by molar-refractivity contribution is -0.140. The van der Waals surface area contributed by atoms with Crippen molar-refractivity contribution in [3.05, 3.63) is 0 Å². The number of hydrogen-bond acceptors (Lipinski definition) is 3. The topological polar surface area (TPSA) is 44.5 Å². The lowest BCUT2D eigenvalue weighted by atomic mass is 10.2. The Balaban J connectivity index is 1.90. The van der Waals surface area contributed by atoms with Crippen molar-refractivity contribution in [1.82, 2.24) is 0 Å². The van der Waals surface area contributed by atoms with Crippen LogP contribution in [0.1, 0.15) is 20.3 Å². The molecule has 2 unspecified atom stereocenters. The highest BCUT2D eigenvalue weighted by atomic mass is 16.7. The molecule has 0 aromatic rings. The van der Waals surface area contributed by atoms with E-state index in [0.717, 1.165) is 6.42 Å². The Hall–Kier alpha value is -0.120. The molecule has 1 aliphatic heterocycles.